The summed E-state index contributed by atoms with van der Waals surface area (Å²) in [7, 11) is 0. The summed E-state index contributed by atoms with van der Waals surface area (Å²) in [6.45, 7) is 2.28. The van der Waals surface area contributed by atoms with Crippen molar-refractivity contribution in [2.75, 3.05) is 0 Å². The van der Waals surface area contributed by atoms with E-state index in [-0.39, 0.29) is 0 Å². The third kappa shape index (κ3) is 2.62. The molecule has 0 heteroatoms. The van der Waals surface area contributed by atoms with E-state index in [9.17, 15) is 0 Å². The molecule has 0 spiro atoms. The van der Waals surface area contributed by atoms with Gasteiger partial charge in [0, 0.05) is 0 Å². The molecule has 2 rings (SSSR count). The minimum atomic E-state index is 0.892. The number of hydrogen-bond donors (Lipinski definition) is 0. The average Bonchev–Trinajstić information content (AvgIpc) is 2.24. The molecule has 0 aliphatic heterocycles. The van der Waals surface area contributed by atoms with E-state index in [1.165, 1.54) is 44.9 Å². The molecule has 82 valence electrons. The lowest BCUT2D eigenvalue weighted by Crippen LogP contribution is -2.16. The standard InChI is InChI=1S/C15H22/c1-2-3-4-5-6-9-13-12-14-10-7-8-11-15(13)14/h7-8,10-11,13H,2-6,9,12H2,1H3. The fourth-order valence-corrected chi connectivity index (χ4v) is 2.61. The van der Waals surface area contributed by atoms with Gasteiger partial charge in [-0.05, 0) is 29.9 Å². The summed E-state index contributed by atoms with van der Waals surface area (Å²) < 4.78 is 0. The molecule has 0 N–H and O–H groups in total. The molecule has 0 aromatic heterocycles. The summed E-state index contributed by atoms with van der Waals surface area (Å²) in [6, 6.07) is 8.94. The van der Waals surface area contributed by atoms with Gasteiger partial charge in [0.15, 0.2) is 0 Å². The maximum atomic E-state index is 2.32. The molecule has 0 heterocycles. The normalized spacial score (nSPS) is 18.3. The van der Waals surface area contributed by atoms with Crippen molar-refractivity contribution in [3.05, 3.63) is 35.4 Å². The second-order valence-electron chi connectivity index (χ2n) is 4.80. The van der Waals surface area contributed by atoms with Gasteiger partial charge in [-0.1, -0.05) is 63.3 Å². The van der Waals surface area contributed by atoms with Gasteiger partial charge in [0.05, 0.1) is 0 Å². The Bertz CT molecular complexity index is 301. The van der Waals surface area contributed by atoms with E-state index in [4.69, 9.17) is 0 Å². The van der Waals surface area contributed by atoms with Gasteiger partial charge in [0.2, 0.25) is 0 Å². The van der Waals surface area contributed by atoms with Gasteiger partial charge in [-0.25, -0.2) is 0 Å². The lowest BCUT2D eigenvalue weighted by Gasteiger charge is -2.30. The maximum absolute atomic E-state index is 2.32. The highest BCUT2D eigenvalue weighted by atomic mass is 14.3. The number of fused-ring (bicyclic) bond motifs is 1. The van der Waals surface area contributed by atoms with E-state index in [1.807, 2.05) is 0 Å². The topological polar surface area (TPSA) is 0 Å². The van der Waals surface area contributed by atoms with Gasteiger partial charge in [0.25, 0.3) is 0 Å². The molecule has 0 saturated carbocycles. The van der Waals surface area contributed by atoms with Gasteiger partial charge in [0.1, 0.15) is 0 Å². The number of benzene rings is 1. The van der Waals surface area contributed by atoms with Crippen LogP contribution >= 0.6 is 0 Å². The zero-order valence-electron chi connectivity index (χ0n) is 9.84. The van der Waals surface area contributed by atoms with Crippen molar-refractivity contribution in [3.8, 4) is 0 Å². The summed E-state index contributed by atoms with van der Waals surface area (Å²) in [6.07, 6.45) is 9.83. The minimum Gasteiger partial charge on any atom is -0.0654 e. The van der Waals surface area contributed by atoms with Gasteiger partial charge < -0.3 is 0 Å². The summed E-state index contributed by atoms with van der Waals surface area (Å²) in [5.41, 5.74) is 3.23. The smallest absolute Gasteiger partial charge is 0.0119 e. The predicted molar refractivity (Wildman–Crippen MR) is 66.3 cm³/mol. The van der Waals surface area contributed by atoms with E-state index in [0.717, 1.165) is 5.92 Å². The molecule has 1 aromatic carbocycles. The highest BCUT2D eigenvalue weighted by Crippen LogP contribution is 2.38. The van der Waals surface area contributed by atoms with Gasteiger partial charge >= 0.3 is 0 Å². The predicted octanol–water partition coefficient (Wildman–Crippen LogP) is 4.69. The molecule has 1 unspecified atom stereocenters. The Morgan fingerprint density at radius 3 is 2.67 bits per heavy atom. The van der Waals surface area contributed by atoms with Crippen LogP contribution in [0.1, 0.15) is 62.5 Å². The Morgan fingerprint density at radius 1 is 1.07 bits per heavy atom. The molecule has 0 nitrogen and oxygen atoms in total. The van der Waals surface area contributed by atoms with E-state index in [2.05, 4.69) is 31.2 Å². The highest BCUT2D eigenvalue weighted by Gasteiger charge is 2.24. The molecule has 0 fully saturated rings. The second kappa shape index (κ2) is 5.34. The lowest BCUT2D eigenvalue weighted by molar-refractivity contribution is 0.507. The van der Waals surface area contributed by atoms with Crippen LogP contribution in [-0.2, 0) is 6.42 Å². The molecule has 0 bridgehead atoms. The largest absolute Gasteiger partial charge is 0.0654 e. The monoisotopic (exact) mass is 202 g/mol. The van der Waals surface area contributed by atoms with Crippen LogP contribution in [0.25, 0.3) is 0 Å². The van der Waals surface area contributed by atoms with E-state index in [1.54, 1.807) is 11.1 Å². The fourth-order valence-electron chi connectivity index (χ4n) is 2.61. The molecule has 0 radical (unpaired) electrons. The van der Waals surface area contributed by atoms with E-state index < -0.39 is 0 Å². The van der Waals surface area contributed by atoms with Crippen molar-refractivity contribution in [1.29, 1.82) is 0 Å². The van der Waals surface area contributed by atoms with Crippen molar-refractivity contribution in [1.82, 2.24) is 0 Å². The van der Waals surface area contributed by atoms with Gasteiger partial charge in [-0.15, -0.1) is 0 Å². The number of unbranched alkanes of at least 4 members (excludes halogenated alkanes) is 4. The summed E-state index contributed by atoms with van der Waals surface area (Å²) in [5, 5.41) is 0. The van der Waals surface area contributed by atoms with Crippen LogP contribution in [0.15, 0.2) is 24.3 Å². The van der Waals surface area contributed by atoms with Gasteiger partial charge in [-0.3, -0.25) is 0 Å². The summed E-state index contributed by atoms with van der Waals surface area (Å²) in [5.74, 6) is 0.892. The van der Waals surface area contributed by atoms with Crippen LogP contribution < -0.4 is 0 Å². The Kier molecular flexibility index (Phi) is 3.82. The minimum absolute atomic E-state index is 0.892. The first kappa shape index (κ1) is 10.7. The summed E-state index contributed by atoms with van der Waals surface area (Å²) in [4.78, 5) is 0. The van der Waals surface area contributed by atoms with Crippen LogP contribution in [0, 0.1) is 0 Å². The zero-order chi connectivity index (χ0) is 10.5. The molecule has 1 aliphatic carbocycles. The molecule has 0 saturated heterocycles. The second-order valence-corrected chi connectivity index (χ2v) is 4.80. The zero-order valence-corrected chi connectivity index (χ0v) is 9.84. The van der Waals surface area contributed by atoms with Crippen LogP contribution in [0.3, 0.4) is 0 Å². The fraction of sp³-hybridized carbons (Fsp3) is 0.600. The molecule has 0 amide bonds. The van der Waals surface area contributed by atoms with Crippen molar-refractivity contribution in [2.24, 2.45) is 0 Å². The van der Waals surface area contributed by atoms with Crippen molar-refractivity contribution < 1.29 is 0 Å². The lowest BCUT2D eigenvalue weighted by atomic mass is 9.75. The van der Waals surface area contributed by atoms with Crippen LogP contribution in [0.5, 0.6) is 0 Å². The molecular formula is C15H22. The molecular weight excluding hydrogens is 180 g/mol. The van der Waals surface area contributed by atoms with Crippen LogP contribution in [0.4, 0.5) is 0 Å². The van der Waals surface area contributed by atoms with Crippen molar-refractivity contribution in [3.63, 3.8) is 0 Å². The first-order valence-corrected chi connectivity index (χ1v) is 6.49. The highest BCUT2D eigenvalue weighted by molar-refractivity contribution is 5.39. The van der Waals surface area contributed by atoms with Gasteiger partial charge in [-0.2, -0.15) is 0 Å². The first-order valence-electron chi connectivity index (χ1n) is 6.49. The van der Waals surface area contributed by atoms with Crippen LogP contribution in [-0.4, -0.2) is 0 Å². The maximum Gasteiger partial charge on any atom is -0.0119 e. The number of rotatable bonds is 6. The Balaban J connectivity index is 1.67. The molecule has 1 aromatic rings. The molecule has 1 atom stereocenters. The summed E-state index contributed by atoms with van der Waals surface area (Å²) >= 11 is 0. The Labute approximate surface area is 93.7 Å². The quantitative estimate of drug-likeness (QED) is 0.587. The first-order chi connectivity index (χ1) is 7.42. The number of hydrogen-bond acceptors (Lipinski definition) is 0. The van der Waals surface area contributed by atoms with Crippen molar-refractivity contribution >= 4 is 0 Å². The third-order valence-electron chi connectivity index (χ3n) is 3.62. The molecule has 1 aliphatic rings. The van der Waals surface area contributed by atoms with Crippen molar-refractivity contribution in [2.45, 2.75) is 57.8 Å². The average molecular weight is 202 g/mol. The third-order valence-corrected chi connectivity index (χ3v) is 3.62. The van der Waals surface area contributed by atoms with E-state index in [0.29, 0.717) is 0 Å². The SMILES string of the molecule is CCCCCCCC1Cc2ccccc21. The van der Waals surface area contributed by atoms with Crippen LogP contribution in [0.2, 0.25) is 0 Å². The Morgan fingerprint density at radius 2 is 1.87 bits per heavy atom. The van der Waals surface area contributed by atoms with E-state index >= 15 is 0 Å². The molecule has 15 heavy (non-hydrogen) atoms. The Hall–Kier alpha value is -0.780.